The Morgan fingerprint density at radius 1 is 1.15 bits per heavy atom. The fraction of sp³-hybridized carbons (Fsp3) is 0.600. The largest absolute Gasteiger partial charge is 0.492 e. The molecule has 1 rings (SSSR count). The molecule has 0 aliphatic rings. The van der Waals surface area contributed by atoms with Crippen LogP contribution in [0, 0.1) is 0 Å². The van der Waals surface area contributed by atoms with Crippen LogP contribution in [0.15, 0.2) is 18.2 Å². The molecule has 114 valence electrons. The summed E-state index contributed by atoms with van der Waals surface area (Å²) in [7, 11) is 0. The number of hydrogen-bond acceptors (Lipinski definition) is 5. The van der Waals surface area contributed by atoms with E-state index in [1.807, 2.05) is 25.1 Å². The summed E-state index contributed by atoms with van der Waals surface area (Å²) >= 11 is 0. The summed E-state index contributed by atoms with van der Waals surface area (Å²) < 4.78 is 5.41. The second-order valence-corrected chi connectivity index (χ2v) is 4.70. The maximum Gasteiger partial charge on any atom is 0.142 e. The van der Waals surface area contributed by atoms with Crippen molar-refractivity contribution in [3.8, 4) is 5.75 Å². The molecule has 0 radical (unpaired) electrons. The minimum absolute atomic E-state index is 0.121. The summed E-state index contributed by atoms with van der Waals surface area (Å²) in [6.07, 6.45) is 1.89. The van der Waals surface area contributed by atoms with Gasteiger partial charge in [0.25, 0.3) is 0 Å². The maximum absolute atomic E-state index is 8.94. The summed E-state index contributed by atoms with van der Waals surface area (Å²) in [6, 6.07) is 5.89. The normalized spacial score (nSPS) is 11.0. The lowest BCUT2D eigenvalue weighted by Gasteiger charge is -2.19. The van der Waals surface area contributed by atoms with Crippen molar-refractivity contribution >= 4 is 5.69 Å². The van der Waals surface area contributed by atoms with E-state index >= 15 is 0 Å². The Balaban J connectivity index is 2.42. The van der Waals surface area contributed by atoms with Gasteiger partial charge >= 0.3 is 0 Å². The predicted octanol–water partition coefficient (Wildman–Crippen LogP) is 0.887. The van der Waals surface area contributed by atoms with Crippen LogP contribution < -0.4 is 10.5 Å². The molecule has 0 unspecified atom stereocenters. The highest BCUT2D eigenvalue weighted by Gasteiger charge is 2.05. The lowest BCUT2D eigenvalue weighted by Crippen LogP contribution is -2.31. The van der Waals surface area contributed by atoms with Crippen LogP contribution in [0.1, 0.15) is 18.9 Å². The molecule has 0 aliphatic heterocycles. The number of nitrogens with zero attached hydrogens (tertiary/aromatic N) is 1. The lowest BCUT2D eigenvalue weighted by atomic mass is 10.1. The molecule has 5 nitrogen and oxygen atoms in total. The van der Waals surface area contributed by atoms with Crippen LogP contribution in [-0.4, -0.2) is 54.6 Å². The third kappa shape index (κ3) is 5.77. The Morgan fingerprint density at radius 3 is 2.40 bits per heavy atom. The van der Waals surface area contributed by atoms with Gasteiger partial charge < -0.3 is 20.7 Å². The standard InChI is InChI=1S/C15H26N2O3/c1-2-20-15-6-5-13(12-14(15)16)4-3-7-17(8-10-18)9-11-19/h5-6,12,18-19H,2-4,7-11,16H2,1H3. The number of nitrogen functional groups attached to an aromatic ring is 1. The van der Waals surface area contributed by atoms with Gasteiger partial charge in [0.2, 0.25) is 0 Å². The predicted molar refractivity (Wildman–Crippen MR) is 81.0 cm³/mol. The molecule has 20 heavy (non-hydrogen) atoms. The quantitative estimate of drug-likeness (QED) is 0.555. The first-order valence-electron chi connectivity index (χ1n) is 7.16. The van der Waals surface area contributed by atoms with Gasteiger partial charge in [-0.3, -0.25) is 4.90 Å². The van der Waals surface area contributed by atoms with Crippen molar-refractivity contribution in [2.75, 3.05) is 45.2 Å². The molecule has 5 heteroatoms. The van der Waals surface area contributed by atoms with Gasteiger partial charge in [-0.15, -0.1) is 0 Å². The van der Waals surface area contributed by atoms with Crippen LogP contribution >= 0.6 is 0 Å². The van der Waals surface area contributed by atoms with Crippen LogP contribution in [0.3, 0.4) is 0 Å². The molecule has 0 aromatic heterocycles. The zero-order valence-corrected chi connectivity index (χ0v) is 12.2. The third-order valence-corrected chi connectivity index (χ3v) is 3.15. The molecule has 1 aromatic carbocycles. The fourth-order valence-corrected chi connectivity index (χ4v) is 2.17. The summed E-state index contributed by atoms with van der Waals surface area (Å²) in [5.74, 6) is 0.735. The topological polar surface area (TPSA) is 79.0 Å². The van der Waals surface area contributed by atoms with E-state index in [1.165, 1.54) is 5.56 Å². The molecular weight excluding hydrogens is 256 g/mol. The van der Waals surface area contributed by atoms with Crippen molar-refractivity contribution in [1.29, 1.82) is 0 Å². The second kappa shape index (κ2) is 9.58. The number of anilines is 1. The van der Waals surface area contributed by atoms with Gasteiger partial charge in [-0.1, -0.05) is 6.07 Å². The van der Waals surface area contributed by atoms with Crippen LogP contribution in [0.5, 0.6) is 5.75 Å². The first-order valence-corrected chi connectivity index (χ1v) is 7.16. The van der Waals surface area contributed by atoms with E-state index in [0.717, 1.165) is 25.1 Å². The molecule has 0 spiro atoms. The van der Waals surface area contributed by atoms with Crippen LogP contribution in [-0.2, 0) is 6.42 Å². The van der Waals surface area contributed by atoms with Crippen molar-refractivity contribution in [1.82, 2.24) is 4.90 Å². The van der Waals surface area contributed by atoms with E-state index in [-0.39, 0.29) is 13.2 Å². The van der Waals surface area contributed by atoms with Crippen molar-refractivity contribution < 1.29 is 14.9 Å². The number of hydrogen-bond donors (Lipinski definition) is 3. The van der Waals surface area contributed by atoms with Gasteiger partial charge in [0, 0.05) is 13.1 Å². The lowest BCUT2D eigenvalue weighted by molar-refractivity contribution is 0.160. The highest BCUT2D eigenvalue weighted by Crippen LogP contribution is 2.23. The summed E-state index contributed by atoms with van der Waals surface area (Å²) in [5.41, 5.74) is 7.79. The van der Waals surface area contributed by atoms with Gasteiger partial charge in [-0.05, 0) is 44.0 Å². The van der Waals surface area contributed by atoms with Crippen molar-refractivity contribution in [3.63, 3.8) is 0 Å². The Bertz CT molecular complexity index is 379. The molecule has 4 N–H and O–H groups in total. The summed E-state index contributed by atoms with van der Waals surface area (Å²) in [5, 5.41) is 17.9. The van der Waals surface area contributed by atoms with Gasteiger partial charge in [0.05, 0.1) is 25.5 Å². The molecule has 0 amide bonds. The second-order valence-electron chi connectivity index (χ2n) is 4.70. The first-order chi connectivity index (χ1) is 9.71. The smallest absolute Gasteiger partial charge is 0.142 e. The van der Waals surface area contributed by atoms with Crippen LogP contribution in [0.2, 0.25) is 0 Å². The SMILES string of the molecule is CCOc1ccc(CCCN(CCO)CCO)cc1N. The maximum atomic E-state index is 8.94. The van der Waals surface area contributed by atoms with Gasteiger partial charge in [-0.25, -0.2) is 0 Å². The number of aliphatic hydroxyl groups is 2. The zero-order valence-electron chi connectivity index (χ0n) is 12.2. The van der Waals surface area contributed by atoms with E-state index in [0.29, 0.717) is 25.4 Å². The molecule has 0 saturated heterocycles. The number of benzene rings is 1. The first kappa shape index (κ1) is 16.8. The minimum atomic E-state index is 0.121. The van der Waals surface area contributed by atoms with Gasteiger partial charge in [-0.2, -0.15) is 0 Å². The zero-order chi connectivity index (χ0) is 14.8. The Kier molecular flexibility index (Phi) is 8.02. The van der Waals surface area contributed by atoms with E-state index in [2.05, 4.69) is 4.90 Å². The molecule has 0 bridgehead atoms. The number of aryl methyl sites for hydroxylation is 1. The Labute approximate surface area is 121 Å². The van der Waals surface area contributed by atoms with Crippen molar-refractivity contribution in [2.24, 2.45) is 0 Å². The summed E-state index contributed by atoms with van der Waals surface area (Å²) in [4.78, 5) is 2.05. The average Bonchev–Trinajstić information content (AvgIpc) is 2.42. The molecule has 0 saturated carbocycles. The van der Waals surface area contributed by atoms with E-state index in [4.69, 9.17) is 20.7 Å². The Hall–Kier alpha value is -1.30. The molecule has 0 aliphatic carbocycles. The van der Waals surface area contributed by atoms with E-state index in [1.54, 1.807) is 0 Å². The van der Waals surface area contributed by atoms with Gasteiger partial charge in [0.15, 0.2) is 0 Å². The number of rotatable bonds is 10. The molecule has 0 heterocycles. The van der Waals surface area contributed by atoms with Crippen LogP contribution in [0.25, 0.3) is 0 Å². The molecular formula is C15H26N2O3. The number of nitrogens with two attached hydrogens (primary N) is 1. The summed E-state index contributed by atoms with van der Waals surface area (Å²) in [6.45, 7) is 4.85. The molecule has 0 fully saturated rings. The minimum Gasteiger partial charge on any atom is -0.492 e. The Morgan fingerprint density at radius 2 is 1.85 bits per heavy atom. The van der Waals surface area contributed by atoms with Crippen molar-refractivity contribution in [3.05, 3.63) is 23.8 Å². The van der Waals surface area contributed by atoms with Crippen LogP contribution in [0.4, 0.5) is 5.69 Å². The molecule has 1 aromatic rings. The van der Waals surface area contributed by atoms with E-state index in [9.17, 15) is 0 Å². The monoisotopic (exact) mass is 282 g/mol. The number of aliphatic hydroxyl groups excluding tert-OH is 2. The van der Waals surface area contributed by atoms with E-state index < -0.39 is 0 Å². The van der Waals surface area contributed by atoms with Gasteiger partial charge in [0.1, 0.15) is 5.75 Å². The molecule has 0 atom stereocenters. The fourth-order valence-electron chi connectivity index (χ4n) is 2.17. The third-order valence-electron chi connectivity index (χ3n) is 3.15. The van der Waals surface area contributed by atoms with Crippen molar-refractivity contribution in [2.45, 2.75) is 19.8 Å². The number of ether oxygens (including phenoxy) is 1. The highest BCUT2D eigenvalue weighted by molar-refractivity contribution is 5.54. The highest BCUT2D eigenvalue weighted by atomic mass is 16.5. The average molecular weight is 282 g/mol.